The summed E-state index contributed by atoms with van der Waals surface area (Å²) in [6.07, 6.45) is 0.911. The number of carbonyl (C=O) groups excluding carboxylic acids is 1. The van der Waals surface area contributed by atoms with Crippen LogP contribution in [0.4, 0.5) is 5.69 Å². The molecule has 98 valence electrons. The molecule has 0 radical (unpaired) electrons. The van der Waals surface area contributed by atoms with Gasteiger partial charge in [0.2, 0.25) is 5.91 Å². The predicted octanol–water partition coefficient (Wildman–Crippen LogP) is 1.13. The van der Waals surface area contributed by atoms with Crippen LogP contribution in [0.15, 0.2) is 24.3 Å². The minimum absolute atomic E-state index is 0.179. The van der Waals surface area contributed by atoms with E-state index >= 15 is 0 Å². The maximum absolute atomic E-state index is 12.0. The van der Waals surface area contributed by atoms with Crippen LogP contribution >= 0.6 is 0 Å². The molecule has 0 spiro atoms. The zero-order valence-corrected chi connectivity index (χ0v) is 10.4. The Morgan fingerprint density at radius 1 is 1.39 bits per heavy atom. The summed E-state index contributed by atoms with van der Waals surface area (Å²) >= 11 is 0. The standard InChI is InChI=1S/C13H18N2O3/c1-2-6-15(9-13(17)18)12(16)8-10-4-3-5-11(14)7-10/h3-5,7H,2,6,8-9,14H2,1H3,(H,17,18). The maximum Gasteiger partial charge on any atom is 0.323 e. The number of hydrogen-bond donors (Lipinski definition) is 2. The second-order valence-electron chi connectivity index (χ2n) is 4.13. The van der Waals surface area contributed by atoms with Crippen LogP contribution in [0.25, 0.3) is 0 Å². The van der Waals surface area contributed by atoms with Crippen molar-refractivity contribution in [2.45, 2.75) is 19.8 Å². The zero-order valence-electron chi connectivity index (χ0n) is 10.4. The highest BCUT2D eigenvalue weighted by molar-refractivity contribution is 5.83. The summed E-state index contributed by atoms with van der Waals surface area (Å²) in [5.74, 6) is -1.19. The van der Waals surface area contributed by atoms with Crippen LogP contribution in [0.1, 0.15) is 18.9 Å². The molecule has 0 heterocycles. The van der Waals surface area contributed by atoms with Gasteiger partial charge in [-0.1, -0.05) is 19.1 Å². The molecule has 0 bridgehead atoms. The lowest BCUT2D eigenvalue weighted by Gasteiger charge is -2.20. The van der Waals surface area contributed by atoms with Gasteiger partial charge in [-0.05, 0) is 24.1 Å². The third-order valence-corrected chi connectivity index (χ3v) is 2.48. The molecule has 5 heteroatoms. The highest BCUT2D eigenvalue weighted by Crippen LogP contribution is 2.09. The second-order valence-corrected chi connectivity index (χ2v) is 4.13. The lowest BCUT2D eigenvalue weighted by Crippen LogP contribution is -2.37. The summed E-state index contributed by atoms with van der Waals surface area (Å²) in [5.41, 5.74) is 7.03. The van der Waals surface area contributed by atoms with E-state index in [0.717, 1.165) is 12.0 Å². The number of benzene rings is 1. The molecule has 0 aliphatic heterocycles. The highest BCUT2D eigenvalue weighted by atomic mass is 16.4. The molecular weight excluding hydrogens is 232 g/mol. The van der Waals surface area contributed by atoms with Gasteiger partial charge in [-0.3, -0.25) is 9.59 Å². The highest BCUT2D eigenvalue weighted by Gasteiger charge is 2.16. The summed E-state index contributed by atoms with van der Waals surface area (Å²) < 4.78 is 0. The molecule has 0 saturated carbocycles. The second kappa shape index (κ2) is 6.64. The Morgan fingerprint density at radius 3 is 2.67 bits per heavy atom. The van der Waals surface area contributed by atoms with Crippen LogP contribution in [0.5, 0.6) is 0 Å². The molecular formula is C13H18N2O3. The van der Waals surface area contributed by atoms with Crippen LogP contribution in [0.3, 0.4) is 0 Å². The van der Waals surface area contributed by atoms with E-state index in [0.29, 0.717) is 12.2 Å². The summed E-state index contributed by atoms with van der Waals surface area (Å²) in [7, 11) is 0. The van der Waals surface area contributed by atoms with Gasteiger partial charge in [0.15, 0.2) is 0 Å². The van der Waals surface area contributed by atoms with Gasteiger partial charge >= 0.3 is 5.97 Å². The average Bonchev–Trinajstić information content (AvgIpc) is 2.27. The van der Waals surface area contributed by atoms with Crippen LogP contribution < -0.4 is 5.73 Å². The molecule has 1 rings (SSSR count). The molecule has 1 amide bonds. The van der Waals surface area contributed by atoms with E-state index in [-0.39, 0.29) is 18.9 Å². The van der Waals surface area contributed by atoms with Crippen LogP contribution in [-0.2, 0) is 16.0 Å². The Labute approximate surface area is 106 Å². The van der Waals surface area contributed by atoms with E-state index in [4.69, 9.17) is 10.8 Å². The van der Waals surface area contributed by atoms with Crippen molar-refractivity contribution in [2.24, 2.45) is 0 Å². The van der Waals surface area contributed by atoms with Crippen molar-refractivity contribution < 1.29 is 14.7 Å². The summed E-state index contributed by atoms with van der Waals surface area (Å²) in [6.45, 7) is 2.10. The number of anilines is 1. The van der Waals surface area contributed by atoms with Crippen molar-refractivity contribution in [2.75, 3.05) is 18.8 Å². The Balaban J connectivity index is 2.69. The number of amides is 1. The molecule has 0 aromatic heterocycles. The molecule has 0 aliphatic carbocycles. The number of carboxylic acid groups (broad SMARTS) is 1. The number of aliphatic carboxylic acids is 1. The van der Waals surface area contributed by atoms with Crippen LogP contribution in [0, 0.1) is 0 Å². The molecule has 18 heavy (non-hydrogen) atoms. The average molecular weight is 250 g/mol. The fourth-order valence-corrected chi connectivity index (χ4v) is 1.71. The van der Waals surface area contributed by atoms with Crippen molar-refractivity contribution in [3.05, 3.63) is 29.8 Å². The van der Waals surface area contributed by atoms with E-state index in [1.54, 1.807) is 24.3 Å². The monoisotopic (exact) mass is 250 g/mol. The maximum atomic E-state index is 12.0. The Morgan fingerprint density at radius 2 is 2.11 bits per heavy atom. The largest absolute Gasteiger partial charge is 0.480 e. The SMILES string of the molecule is CCCN(CC(=O)O)C(=O)Cc1cccc(N)c1. The van der Waals surface area contributed by atoms with Gasteiger partial charge in [0.1, 0.15) is 6.54 Å². The molecule has 0 saturated heterocycles. The number of hydrogen-bond acceptors (Lipinski definition) is 3. The smallest absolute Gasteiger partial charge is 0.323 e. The molecule has 1 aromatic carbocycles. The number of nitrogens with two attached hydrogens (primary N) is 1. The van der Waals surface area contributed by atoms with E-state index in [2.05, 4.69) is 0 Å². The molecule has 0 unspecified atom stereocenters. The first-order valence-electron chi connectivity index (χ1n) is 5.87. The van der Waals surface area contributed by atoms with E-state index < -0.39 is 5.97 Å². The first-order valence-corrected chi connectivity index (χ1v) is 5.87. The molecule has 1 aromatic rings. The summed E-state index contributed by atoms with van der Waals surface area (Å²) in [4.78, 5) is 24.0. The Bertz CT molecular complexity index is 432. The topological polar surface area (TPSA) is 83.6 Å². The normalized spacial score (nSPS) is 10.1. The van der Waals surface area contributed by atoms with Gasteiger partial charge in [-0.15, -0.1) is 0 Å². The minimum atomic E-state index is -0.996. The fraction of sp³-hybridized carbons (Fsp3) is 0.385. The lowest BCUT2D eigenvalue weighted by molar-refractivity contribution is -0.144. The molecule has 3 N–H and O–H groups in total. The van der Waals surface area contributed by atoms with E-state index in [9.17, 15) is 9.59 Å². The third-order valence-electron chi connectivity index (χ3n) is 2.48. The molecule has 5 nitrogen and oxygen atoms in total. The van der Waals surface area contributed by atoms with Gasteiger partial charge < -0.3 is 15.7 Å². The van der Waals surface area contributed by atoms with Crippen LogP contribution in [0.2, 0.25) is 0 Å². The number of rotatable bonds is 6. The summed E-state index contributed by atoms with van der Waals surface area (Å²) in [5, 5.41) is 8.76. The lowest BCUT2D eigenvalue weighted by atomic mass is 10.1. The Hall–Kier alpha value is -2.04. The first-order chi connectivity index (χ1) is 8.52. The van der Waals surface area contributed by atoms with Gasteiger partial charge in [-0.2, -0.15) is 0 Å². The number of carbonyl (C=O) groups is 2. The van der Waals surface area contributed by atoms with Crippen LogP contribution in [-0.4, -0.2) is 35.0 Å². The molecule has 0 fully saturated rings. The van der Waals surface area contributed by atoms with Crippen molar-refractivity contribution in [1.82, 2.24) is 4.90 Å². The number of nitrogens with zero attached hydrogens (tertiary/aromatic N) is 1. The van der Waals surface area contributed by atoms with Gasteiger partial charge in [0, 0.05) is 12.2 Å². The number of carboxylic acids is 1. The van der Waals surface area contributed by atoms with E-state index in [1.807, 2.05) is 6.92 Å². The number of nitrogen functional groups attached to an aromatic ring is 1. The fourth-order valence-electron chi connectivity index (χ4n) is 1.71. The first kappa shape index (κ1) is 14.0. The quantitative estimate of drug-likeness (QED) is 0.741. The van der Waals surface area contributed by atoms with Crippen molar-refractivity contribution >= 4 is 17.6 Å². The van der Waals surface area contributed by atoms with E-state index in [1.165, 1.54) is 4.90 Å². The molecule has 0 aliphatic rings. The minimum Gasteiger partial charge on any atom is -0.480 e. The Kier molecular flexibility index (Phi) is 5.17. The van der Waals surface area contributed by atoms with Gasteiger partial charge in [-0.25, -0.2) is 0 Å². The zero-order chi connectivity index (χ0) is 13.5. The van der Waals surface area contributed by atoms with Crippen molar-refractivity contribution in [3.8, 4) is 0 Å². The van der Waals surface area contributed by atoms with Gasteiger partial charge in [0.05, 0.1) is 6.42 Å². The van der Waals surface area contributed by atoms with Crippen molar-refractivity contribution in [1.29, 1.82) is 0 Å². The third kappa shape index (κ3) is 4.45. The predicted molar refractivity (Wildman–Crippen MR) is 69.1 cm³/mol. The summed E-state index contributed by atoms with van der Waals surface area (Å²) in [6, 6.07) is 7.05. The van der Waals surface area contributed by atoms with Crippen molar-refractivity contribution in [3.63, 3.8) is 0 Å². The van der Waals surface area contributed by atoms with Gasteiger partial charge in [0.25, 0.3) is 0 Å². The molecule has 0 atom stereocenters.